The van der Waals surface area contributed by atoms with E-state index in [0.717, 1.165) is 0 Å². The number of nitrogens with two attached hydrogens (primary N) is 1. The predicted octanol–water partition coefficient (Wildman–Crippen LogP) is 1.49. The highest BCUT2D eigenvalue weighted by Crippen LogP contribution is 2.24. The molecule has 2 aromatic heterocycles. The Kier molecular flexibility index (Phi) is 7.13. The second kappa shape index (κ2) is 9.53. The van der Waals surface area contributed by atoms with Crippen LogP contribution in [0.5, 0.6) is 5.75 Å². The van der Waals surface area contributed by atoms with Crippen LogP contribution in [0.15, 0.2) is 42.6 Å². The molecule has 0 radical (unpaired) electrons. The van der Waals surface area contributed by atoms with Gasteiger partial charge in [0, 0.05) is 13.6 Å². The second-order valence-electron chi connectivity index (χ2n) is 5.44. The quantitative estimate of drug-likeness (QED) is 0.490. The van der Waals surface area contributed by atoms with Gasteiger partial charge in [-0.3, -0.25) is 10.1 Å². The minimum Gasteiger partial charge on any atom is -0.490 e. The number of carbonyl (C=O) groups excluding carboxylic acids is 2. The zero-order valence-corrected chi connectivity index (χ0v) is 15.8. The Morgan fingerprint density at radius 1 is 1.18 bits per heavy atom. The van der Waals surface area contributed by atoms with Gasteiger partial charge in [0.25, 0.3) is 5.91 Å². The van der Waals surface area contributed by atoms with Crippen LogP contribution in [-0.2, 0) is 0 Å². The molecule has 3 aromatic rings. The van der Waals surface area contributed by atoms with Gasteiger partial charge in [0.05, 0.1) is 11.9 Å². The molecule has 0 spiro atoms. The first-order chi connectivity index (χ1) is 13.1. The van der Waals surface area contributed by atoms with Gasteiger partial charge in [0.15, 0.2) is 11.5 Å². The Hall–Kier alpha value is -3.37. The molecule has 0 bridgehead atoms. The number of hydrogen-bond donors (Lipinski definition) is 4. The van der Waals surface area contributed by atoms with Gasteiger partial charge in [0.1, 0.15) is 18.1 Å². The summed E-state index contributed by atoms with van der Waals surface area (Å²) in [6.45, 7) is 0.709. The molecule has 0 fully saturated rings. The van der Waals surface area contributed by atoms with E-state index in [4.69, 9.17) is 10.5 Å². The Morgan fingerprint density at radius 2 is 1.96 bits per heavy atom. The monoisotopic (exact) mass is 405 g/mol. The third-order valence-electron chi connectivity index (χ3n) is 3.53. The van der Waals surface area contributed by atoms with Crippen molar-refractivity contribution >= 4 is 41.5 Å². The number of imidazole rings is 1. The average molecular weight is 406 g/mol. The fourth-order valence-corrected chi connectivity index (χ4v) is 2.29. The van der Waals surface area contributed by atoms with Crippen LogP contribution in [0.25, 0.3) is 5.65 Å². The van der Waals surface area contributed by atoms with Crippen molar-refractivity contribution in [1.82, 2.24) is 19.9 Å². The van der Waals surface area contributed by atoms with Crippen molar-refractivity contribution in [2.24, 2.45) is 5.73 Å². The van der Waals surface area contributed by atoms with E-state index < -0.39 is 11.9 Å². The lowest BCUT2D eigenvalue weighted by molar-refractivity contribution is 0.102. The molecule has 5 N–H and O–H groups in total. The molecule has 2 heterocycles. The molecule has 148 valence electrons. The number of benzene rings is 1. The maximum atomic E-state index is 12.5. The molecule has 1 aromatic carbocycles. The number of carbonyl (C=O) groups is 2. The Bertz CT molecular complexity index is 976. The Balaban J connectivity index is 0.00000280. The van der Waals surface area contributed by atoms with Crippen LogP contribution >= 0.6 is 12.4 Å². The number of rotatable bonds is 6. The van der Waals surface area contributed by atoms with Crippen LogP contribution in [0.2, 0.25) is 0 Å². The van der Waals surface area contributed by atoms with E-state index in [2.05, 4.69) is 26.0 Å². The van der Waals surface area contributed by atoms with Crippen molar-refractivity contribution in [2.75, 3.05) is 30.8 Å². The highest BCUT2D eigenvalue weighted by atomic mass is 35.5. The summed E-state index contributed by atoms with van der Waals surface area (Å²) in [5.41, 5.74) is 6.64. The lowest BCUT2D eigenvalue weighted by Gasteiger charge is -2.11. The third kappa shape index (κ3) is 4.87. The van der Waals surface area contributed by atoms with Crippen LogP contribution < -0.4 is 26.4 Å². The summed E-state index contributed by atoms with van der Waals surface area (Å²) in [5, 5.41) is 12.0. The number of urea groups is 1. The highest BCUT2D eigenvalue weighted by Gasteiger charge is 2.13. The molecule has 3 amide bonds. The largest absolute Gasteiger partial charge is 0.490 e. The van der Waals surface area contributed by atoms with Crippen LogP contribution in [0.3, 0.4) is 0 Å². The highest BCUT2D eigenvalue weighted by molar-refractivity contribution is 6.03. The van der Waals surface area contributed by atoms with E-state index in [-0.39, 0.29) is 18.1 Å². The second-order valence-corrected chi connectivity index (χ2v) is 5.44. The van der Waals surface area contributed by atoms with Crippen LogP contribution in [0.4, 0.5) is 16.3 Å². The van der Waals surface area contributed by atoms with E-state index in [1.54, 1.807) is 36.4 Å². The van der Waals surface area contributed by atoms with Gasteiger partial charge in [0.2, 0.25) is 0 Å². The summed E-state index contributed by atoms with van der Waals surface area (Å²) < 4.78 is 6.94. The van der Waals surface area contributed by atoms with Gasteiger partial charge >= 0.3 is 6.03 Å². The fourth-order valence-electron chi connectivity index (χ4n) is 2.29. The summed E-state index contributed by atoms with van der Waals surface area (Å²) >= 11 is 0. The van der Waals surface area contributed by atoms with Crippen molar-refractivity contribution in [3.05, 3.63) is 48.3 Å². The van der Waals surface area contributed by atoms with Crippen molar-refractivity contribution in [2.45, 2.75) is 0 Å². The number of anilines is 2. The number of ether oxygens (including phenoxy) is 1. The molecule has 28 heavy (non-hydrogen) atoms. The summed E-state index contributed by atoms with van der Waals surface area (Å²) in [5.74, 6) is 0.437. The molecule has 0 unspecified atom stereocenters. The summed E-state index contributed by atoms with van der Waals surface area (Å²) in [6, 6.07) is 9.84. The number of fused-ring (bicyclic) bond motifs is 1. The van der Waals surface area contributed by atoms with Crippen molar-refractivity contribution in [3.8, 4) is 5.75 Å². The number of aromatic nitrogens is 3. The van der Waals surface area contributed by atoms with E-state index in [1.807, 2.05) is 0 Å². The molecular weight excluding hydrogens is 386 g/mol. The van der Waals surface area contributed by atoms with Crippen molar-refractivity contribution in [1.29, 1.82) is 0 Å². The Labute approximate surface area is 166 Å². The van der Waals surface area contributed by atoms with Crippen LogP contribution in [0, 0.1) is 0 Å². The molecule has 0 saturated heterocycles. The number of nitrogens with zero attached hydrogens (tertiary/aromatic N) is 3. The molecule has 3 rings (SSSR count). The molecule has 11 heteroatoms. The SMILES string of the molecule is CNC(=O)Nc1cn2nc(C(=O)Nc3ccccc3OCCN)ccc2n1.Cl. The Morgan fingerprint density at radius 3 is 2.71 bits per heavy atom. The maximum Gasteiger partial charge on any atom is 0.320 e. The molecule has 0 atom stereocenters. The molecule has 0 aliphatic rings. The number of para-hydroxylation sites is 2. The lowest BCUT2D eigenvalue weighted by atomic mass is 10.2. The summed E-state index contributed by atoms with van der Waals surface area (Å²) in [6.07, 6.45) is 1.51. The van der Waals surface area contributed by atoms with Gasteiger partial charge in [-0.05, 0) is 24.3 Å². The number of nitrogens with one attached hydrogen (secondary N) is 3. The summed E-state index contributed by atoms with van der Waals surface area (Å²) in [7, 11) is 1.50. The van der Waals surface area contributed by atoms with Crippen LogP contribution in [0.1, 0.15) is 10.5 Å². The normalized spacial score (nSPS) is 10.1. The zero-order valence-electron chi connectivity index (χ0n) is 15.0. The van der Waals surface area contributed by atoms with Crippen molar-refractivity contribution in [3.63, 3.8) is 0 Å². The lowest BCUT2D eigenvalue weighted by Crippen LogP contribution is -2.24. The molecule has 10 nitrogen and oxygen atoms in total. The number of halogens is 1. The van der Waals surface area contributed by atoms with Crippen LogP contribution in [-0.4, -0.2) is 46.7 Å². The maximum absolute atomic E-state index is 12.5. The number of hydrogen-bond acceptors (Lipinski definition) is 6. The van der Waals surface area contributed by atoms with Gasteiger partial charge < -0.3 is 21.1 Å². The van der Waals surface area contributed by atoms with Gasteiger partial charge in [-0.1, -0.05) is 12.1 Å². The minimum absolute atomic E-state index is 0. The van der Waals surface area contributed by atoms with E-state index >= 15 is 0 Å². The molecule has 0 aliphatic heterocycles. The smallest absolute Gasteiger partial charge is 0.320 e. The first kappa shape index (κ1) is 20.9. The van der Waals surface area contributed by atoms with Gasteiger partial charge in [-0.15, -0.1) is 12.4 Å². The van der Waals surface area contributed by atoms with E-state index in [0.29, 0.717) is 36.1 Å². The van der Waals surface area contributed by atoms with E-state index in [1.165, 1.54) is 17.8 Å². The summed E-state index contributed by atoms with van der Waals surface area (Å²) in [4.78, 5) is 28.1. The minimum atomic E-state index is -0.407. The zero-order chi connectivity index (χ0) is 19.2. The molecule has 0 aliphatic carbocycles. The standard InChI is InChI=1S/C17H19N7O3.ClH/c1-19-17(26)22-14-10-24-15(21-14)7-6-12(23-24)16(25)20-11-4-2-3-5-13(11)27-9-8-18;/h2-7,10H,8-9,18H2,1H3,(H,20,25)(H2,19,22,26);1H. The third-order valence-corrected chi connectivity index (χ3v) is 3.53. The fraction of sp³-hybridized carbons (Fsp3) is 0.176. The first-order valence-electron chi connectivity index (χ1n) is 8.19. The predicted molar refractivity (Wildman–Crippen MR) is 107 cm³/mol. The van der Waals surface area contributed by atoms with Crippen molar-refractivity contribution < 1.29 is 14.3 Å². The average Bonchev–Trinajstić information content (AvgIpc) is 3.08. The van der Waals surface area contributed by atoms with E-state index in [9.17, 15) is 9.59 Å². The molecular formula is C17H20ClN7O3. The van der Waals surface area contributed by atoms with Gasteiger partial charge in [-0.2, -0.15) is 5.10 Å². The number of amides is 3. The van der Waals surface area contributed by atoms with Gasteiger partial charge in [-0.25, -0.2) is 14.3 Å². The topological polar surface area (TPSA) is 136 Å². The first-order valence-corrected chi connectivity index (χ1v) is 8.19. The molecule has 0 saturated carbocycles.